The molecule has 1 unspecified atom stereocenters. The van der Waals surface area contributed by atoms with E-state index < -0.39 is 0 Å². The zero-order valence-corrected chi connectivity index (χ0v) is 10.9. The number of nitrogens with one attached hydrogen (secondary N) is 1. The topological polar surface area (TPSA) is 21.3 Å². The lowest BCUT2D eigenvalue weighted by atomic mass is 9.89. The highest BCUT2D eigenvalue weighted by molar-refractivity contribution is 5.06. The summed E-state index contributed by atoms with van der Waals surface area (Å²) in [6, 6.07) is 0.396. The van der Waals surface area contributed by atoms with Crippen molar-refractivity contribution in [2.75, 3.05) is 13.2 Å². The van der Waals surface area contributed by atoms with Crippen LogP contribution in [-0.2, 0) is 4.74 Å². The van der Waals surface area contributed by atoms with Crippen molar-refractivity contribution in [1.29, 1.82) is 0 Å². The lowest BCUT2D eigenvalue weighted by Gasteiger charge is -2.37. The van der Waals surface area contributed by atoms with Crippen molar-refractivity contribution in [2.24, 2.45) is 0 Å². The van der Waals surface area contributed by atoms with E-state index in [1.54, 1.807) is 0 Å². The van der Waals surface area contributed by atoms with E-state index in [0.29, 0.717) is 6.04 Å². The van der Waals surface area contributed by atoms with E-state index in [4.69, 9.17) is 4.74 Å². The highest BCUT2D eigenvalue weighted by Crippen LogP contribution is 2.37. The maximum Gasteiger partial charge on any atom is 0.0843 e. The Balaban J connectivity index is 2.72. The first-order valence-electron chi connectivity index (χ1n) is 6.56. The van der Waals surface area contributed by atoms with Gasteiger partial charge in [0.2, 0.25) is 0 Å². The fraction of sp³-hybridized carbons (Fsp3) is 0.857. The molecule has 0 radical (unpaired) electrons. The third kappa shape index (κ3) is 3.23. The molecule has 2 nitrogen and oxygen atoms in total. The van der Waals surface area contributed by atoms with Crippen LogP contribution in [0.5, 0.6) is 0 Å². The van der Waals surface area contributed by atoms with Gasteiger partial charge in [0.05, 0.1) is 5.60 Å². The van der Waals surface area contributed by atoms with Gasteiger partial charge in [0, 0.05) is 19.1 Å². The Morgan fingerprint density at radius 3 is 2.50 bits per heavy atom. The second-order valence-electron chi connectivity index (χ2n) is 4.45. The molecule has 0 aliphatic heterocycles. The summed E-state index contributed by atoms with van der Waals surface area (Å²) in [7, 11) is 0. The van der Waals surface area contributed by atoms with E-state index in [0.717, 1.165) is 19.6 Å². The quantitative estimate of drug-likeness (QED) is 0.699. The molecular weight excluding hydrogens is 198 g/mol. The lowest BCUT2D eigenvalue weighted by Crippen LogP contribution is -2.50. The summed E-state index contributed by atoms with van der Waals surface area (Å²) in [5, 5.41) is 3.56. The number of rotatable bonds is 6. The van der Waals surface area contributed by atoms with Gasteiger partial charge in [-0.2, -0.15) is 0 Å². The molecule has 1 aliphatic rings. The Labute approximate surface area is 100 Å². The van der Waals surface area contributed by atoms with Gasteiger partial charge in [-0.25, -0.2) is 0 Å². The number of hydrogen-bond acceptors (Lipinski definition) is 2. The second kappa shape index (κ2) is 6.93. The van der Waals surface area contributed by atoms with Gasteiger partial charge < -0.3 is 10.1 Å². The molecular formula is C14H25NO. The van der Waals surface area contributed by atoms with Crippen LogP contribution in [0.3, 0.4) is 0 Å². The molecule has 0 heterocycles. The van der Waals surface area contributed by atoms with Crippen LogP contribution in [-0.4, -0.2) is 24.8 Å². The lowest BCUT2D eigenvalue weighted by molar-refractivity contribution is -0.0599. The van der Waals surface area contributed by atoms with E-state index in [-0.39, 0.29) is 5.60 Å². The van der Waals surface area contributed by atoms with Crippen LogP contribution in [0, 0.1) is 11.8 Å². The molecule has 0 bridgehead atoms. The van der Waals surface area contributed by atoms with Crippen LogP contribution in [0.4, 0.5) is 0 Å². The fourth-order valence-corrected chi connectivity index (χ4v) is 2.75. The van der Waals surface area contributed by atoms with Crippen LogP contribution in [0.2, 0.25) is 0 Å². The van der Waals surface area contributed by atoms with Crippen molar-refractivity contribution in [3.8, 4) is 11.8 Å². The van der Waals surface area contributed by atoms with Gasteiger partial charge in [0.1, 0.15) is 0 Å². The summed E-state index contributed by atoms with van der Waals surface area (Å²) in [5.74, 6) is 6.19. The normalized spacial score (nSPS) is 20.2. The Hall–Kier alpha value is -0.520. The number of ether oxygens (including phenoxy) is 1. The first kappa shape index (κ1) is 13.5. The minimum absolute atomic E-state index is 0.0502. The second-order valence-corrected chi connectivity index (χ2v) is 4.45. The van der Waals surface area contributed by atoms with E-state index in [2.05, 4.69) is 31.0 Å². The highest BCUT2D eigenvalue weighted by atomic mass is 16.5. The first-order valence-corrected chi connectivity index (χ1v) is 6.56. The fourth-order valence-electron chi connectivity index (χ4n) is 2.75. The largest absolute Gasteiger partial charge is 0.374 e. The van der Waals surface area contributed by atoms with Crippen LogP contribution in [0.15, 0.2) is 0 Å². The van der Waals surface area contributed by atoms with Crippen molar-refractivity contribution in [3.63, 3.8) is 0 Å². The van der Waals surface area contributed by atoms with Gasteiger partial charge in [0.25, 0.3) is 0 Å². The van der Waals surface area contributed by atoms with Gasteiger partial charge in [0.15, 0.2) is 0 Å². The molecule has 0 saturated heterocycles. The molecule has 0 spiro atoms. The van der Waals surface area contributed by atoms with E-state index in [1.165, 1.54) is 25.7 Å². The Morgan fingerprint density at radius 2 is 2.00 bits per heavy atom. The van der Waals surface area contributed by atoms with Crippen LogP contribution < -0.4 is 5.32 Å². The van der Waals surface area contributed by atoms with Crippen molar-refractivity contribution in [1.82, 2.24) is 5.32 Å². The van der Waals surface area contributed by atoms with Gasteiger partial charge in [-0.15, -0.1) is 11.8 Å². The summed E-state index contributed by atoms with van der Waals surface area (Å²) in [4.78, 5) is 0. The number of hydrogen-bond donors (Lipinski definition) is 1. The average Bonchev–Trinajstić information content (AvgIpc) is 2.74. The average molecular weight is 223 g/mol. The van der Waals surface area contributed by atoms with Crippen LogP contribution in [0.25, 0.3) is 0 Å². The van der Waals surface area contributed by atoms with E-state index in [9.17, 15) is 0 Å². The standard InChI is InChI=1S/C14H25NO/c1-4-7-10-13(15-5-2)14(16-6-3)11-8-9-12-14/h13,15H,5-6,8-12H2,1-3H3. The van der Waals surface area contributed by atoms with Gasteiger partial charge in [-0.1, -0.05) is 19.8 Å². The highest BCUT2D eigenvalue weighted by Gasteiger charge is 2.41. The Kier molecular flexibility index (Phi) is 5.87. The molecule has 0 amide bonds. The molecule has 0 aromatic carbocycles. The number of likely N-dealkylation sites (N-methyl/N-ethyl adjacent to an activating group) is 1. The molecule has 0 aromatic heterocycles. The van der Waals surface area contributed by atoms with Crippen LogP contribution >= 0.6 is 0 Å². The molecule has 1 atom stereocenters. The summed E-state index contributed by atoms with van der Waals surface area (Å²) in [6.45, 7) is 7.95. The maximum atomic E-state index is 6.07. The molecule has 16 heavy (non-hydrogen) atoms. The zero-order chi connectivity index (χ0) is 11.9. The molecule has 0 aromatic rings. The third-order valence-electron chi connectivity index (χ3n) is 3.45. The Bertz CT molecular complexity index is 245. The summed E-state index contributed by atoms with van der Waals surface area (Å²) in [6.07, 6.45) is 5.86. The molecule has 1 fully saturated rings. The molecule has 92 valence electrons. The Morgan fingerprint density at radius 1 is 1.31 bits per heavy atom. The minimum Gasteiger partial charge on any atom is -0.374 e. The van der Waals surface area contributed by atoms with Crippen LogP contribution in [0.1, 0.15) is 52.9 Å². The van der Waals surface area contributed by atoms with E-state index in [1.807, 2.05) is 6.92 Å². The minimum atomic E-state index is 0.0502. The molecule has 1 aliphatic carbocycles. The zero-order valence-electron chi connectivity index (χ0n) is 10.9. The smallest absolute Gasteiger partial charge is 0.0843 e. The predicted octanol–water partition coefficient (Wildman–Crippen LogP) is 2.73. The summed E-state index contributed by atoms with van der Waals surface area (Å²) < 4.78 is 6.07. The molecule has 1 saturated carbocycles. The predicted molar refractivity (Wildman–Crippen MR) is 68.4 cm³/mol. The SMILES string of the molecule is CC#CCC(NCC)C1(OCC)CCCC1. The van der Waals surface area contributed by atoms with Crippen molar-refractivity contribution in [2.45, 2.75) is 64.5 Å². The van der Waals surface area contributed by atoms with Gasteiger partial charge in [-0.05, 0) is 33.2 Å². The van der Waals surface area contributed by atoms with Crippen molar-refractivity contribution in [3.05, 3.63) is 0 Å². The summed E-state index contributed by atoms with van der Waals surface area (Å²) >= 11 is 0. The molecule has 2 heteroatoms. The molecule has 1 rings (SSSR count). The van der Waals surface area contributed by atoms with E-state index >= 15 is 0 Å². The van der Waals surface area contributed by atoms with Crippen molar-refractivity contribution >= 4 is 0 Å². The van der Waals surface area contributed by atoms with Gasteiger partial charge >= 0.3 is 0 Å². The monoisotopic (exact) mass is 223 g/mol. The maximum absolute atomic E-state index is 6.07. The summed E-state index contributed by atoms with van der Waals surface area (Å²) in [5.41, 5.74) is 0.0502. The van der Waals surface area contributed by atoms with Crippen molar-refractivity contribution < 1.29 is 4.74 Å². The third-order valence-corrected chi connectivity index (χ3v) is 3.45. The van der Waals surface area contributed by atoms with Gasteiger partial charge in [-0.3, -0.25) is 0 Å². The first-order chi connectivity index (χ1) is 7.79. The molecule has 1 N–H and O–H groups in total.